The number of Topliss-reactive ketones (excluding diaryl/α,β-unsaturated/α-hetero) is 1. The van der Waals surface area contributed by atoms with Gasteiger partial charge >= 0.3 is 0 Å². The number of nitrogens with zero attached hydrogens (tertiary/aromatic N) is 2. The molecule has 0 aliphatic carbocycles. The van der Waals surface area contributed by atoms with Crippen molar-refractivity contribution in [3.8, 4) is 21.6 Å². The summed E-state index contributed by atoms with van der Waals surface area (Å²) in [4.78, 5) is 31.6. The van der Waals surface area contributed by atoms with Gasteiger partial charge in [-0.05, 0) is 67.1 Å². The normalized spacial score (nSPS) is 11.5. The van der Waals surface area contributed by atoms with Crippen molar-refractivity contribution in [1.82, 2.24) is 9.88 Å². The molecule has 0 bridgehead atoms. The van der Waals surface area contributed by atoms with Crippen molar-refractivity contribution in [3.05, 3.63) is 64.3 Å². The minimum Gasteiger partial charge on any atom is -0.339 e. The van der Waals surface area contributed by atoms with Crippen LogP contribution in [0.25, 0.3) is 21.6 Å². The zero-order chi connectivity index (χ0) is 24.2. The molecule has 3 aromatic rings. The SMILES string of the molecule is CCN(CCCC(C)=O)C(=O)c1ccc(-c2csc(-c3ccnc(C(C)(C)C)c3)c2)c(Cl)c1. The maximum Gasteiger partial charge on any atom is 0.253 e. The van der Waals surface area contributed by atoms with Crippen LogP contribution in [-0.4, -0.2) is 34.7 Å². The molecule has 1 amide bonds. The second kappa shape index (κ2) is 10.6. The molecule has 0 aliphatic rings. The number of thiophene rings is 1. The lowest BCUT2D eigenvalue weighted by molar-refractivity contribution is -0.117. The molecule has 0 radical (unpaired) electrons. The summed E-state index contributed by atoms with van der Waals surface area (Å²) in [5.41, 5.74) is 4.67. The molecule has 6 heteroatoms. The number of amides is 1. The van der Waals surface area contributed by atoms with E-state index >= 15 is 0 Å². The Morgan fingerprint density at radius 2 is 1.85 bits per heavy atom. The highest BCUT2D eigenvalue weighted by molar-refractivity contribution is 7.14. The van der Waals surface area contributed by atoms with Gasteiger partial charge in [0.2, 0.25) is 0 Å². The monoisotopic (exact) mass is 482 g/mol. The van der Waals surface area contributed by atoms with E-state index in [-0.39, 0.29) is 17.1 Å². The number of carbonyl (C=O) groups excluding carboxylic acids is 2. The molecule has 174 valence electrons. The zero-order valence-corrected chi connectivity index (χ0v) is 21.5. The Hall–Kier alpha value is -2.50. The fourth-order valence-corrected chi connectivity index (χ4v) is 4.81. The number of benzene rings is 1. The third-order valence-electron chi connectivity index (χ3n) is 5.57. The first-order valence-corrected chi connectivity index (χ1v) is 12.5. The summed E-state index contributed by atoms with van der Waals surface area (Å²) in [5, 5.41) is 2.64. The van der Waals surface area contributed by atoms with E-state index in [2.05, 4.69) is 43.3 Å². The van der Waals surface area contributed by atoms with Crippen molar-refractivity contribution in [2.45, 2.75) is 52.9 Å². The van der Waals surface area contributed by atoms with E-state index in [0.717, 1.165) is 27.3 Å². The second-order valence-electron chi connectivity index (χ2n) is 9.26. The van der Waals surface area contributed by atoms with Crippen LogP contribution in [0.1, 0.15) is 63.5 Å². The molecule has 2 aromatic heterocycles. The van der Waals surface area contributed by atoms with Crippen LogP contribution in [0.4, 0.5) is 0 Å². The van der Waals surface area contributed by atoms with Crippen LogP contribution in [0.15, 0.2) is 48.0 Å². The lowest BCUT2D eigenvalue weighted by Gasteiger charge is -2.21. The van der Waals surface area contributed by atoms with Gasteiger partial charge in [-0.1, -0.05) is 38.4 Å². The number of hydrogen-bond acceptors (Lipinski definition) is 4. The highest BCUT2D eigenvalue weighted by Crippen LogP contribution is 2.37. The second-order valence-corrected chi connectivity index (χ2v) is 10.6. The Bertz CT molecular complexity index is 1150. The van der Waals surface area contributed by atoms with Crippen molar-refractivity contribution in [1.29, 1.82) is 0 Å². The smallest absolute Gasteiger partial charge is 0.253 e. The summed E-state index contributed by atoms with van der Waals surface area (Å²) in [6.07, 6.45) is 3.02. The average molecular weight is 483 g/mol. The number of rotatable bonds is 8. The first kappa shape index (κ1) is 25.1. The summed E-state index contributed by atoms with van der Waals surface area (Å²) < 4.78 is 0. The molecule has 1 aromatic carbocycles. The molecular weight excluding hydrogens is 452 g/mol. The number of aromatic nitrogens is 1. The Balaban J connectivity index is 1.80. The van der Waals surface area contributed by atoms with Crippen LogP contribution in [0, 0.1) is 0 Å². The van der Waals surface area contributed by atoms with Gasteiger partial charge in [-0.3, -0.25) is 9.78 Å². The van der Waals surface area contributed by atoms with Crippen LogP contribution < -0.4 is 0 Å². The number of ketones is 1. The van der Waals surface area contributed by atoms with Gasteiger partial charge < -0.3 is 9.69 Å². The fraction of sp³-hybridized carbons (Fsp3) is 0.370. The maximum absolute atomic E-state index is 12.9. The van der Waals surface area contributed by atoms with Crippen molar-refractivity contribution in [2.24, 2.45) is 0 Å². The Morgan fingerprint density at radius 1 is 1.09 bits per heavy atom. The predicted molar refractivity (Wildman–Crippen MR) is 138 cm³/mol. The average Bonchev–Trinajstić information content (AvgIpc) is 3.25. The van der Waals surface area contributed by atoms with Gasteiger partial charge in [0.15, 0.2) is 0 Å². The standard InChI is InChI=1S/C27H31ClN2O2S/c1-6-30(13-7-8-18(2)31)26(32)20-9-10-22(23(28)14-20)21-15-24(33-17-21)19-11-12-29-25(16-19)27(3,4)5/h9-12,14-17H,6-8,13H2,1-5H3. The van der Waals surface area contributed by atoms with Gasteiger partial charge in [0, 0.05) is 57.8 Å². The highest BCUT2D eigenvalue weighted by Gasteiger charge is 2.18. The highest BCUT2D eigenvalue weighted by atomic mass is 35.5. The van der Waals surface area contributed by atoms with Crippen LogP contribution in [0.2, 0.25) is 5.02 Å². The van der Waals surface area contributed by atoms with Gasteiger partial charge in [0.05, 0.1) is 0 Å². The van der Waals surface area contributed by atoms with Crippen molar-refractivity contribution >= 4 is 34.6 Å². The predicted octanol–water partition coefficient (Wildman–Crippen LogP) is 7.26. The fourth-order valence-electron chi connectivity index (χ4n) is 3.61. The number of hydrogen-bond donors (Lipinski definition) is 0. The Kier molecular flexibility index (Phi) is 8.09. The van der Waals surface area contributed by atoms with Crippen LogP contribution in [0.5, 0.6) is 0 Å². The summed E-state index contributed by atoms with van der Waals surface area (Å²) in [5.74, 6) is 0.0782. The number of pyridine rings is 1. The van der Waals surface area contributed by atoms with E-state index in [1.54, 1.807) is 29.2 Å². The zero-order valence-electron chi connectivity index (χ0n) is 19.9. The topological polar surface area (TPSA) is 50.3 Å². The lowest BCUT2D eigenvalue weighted by Crippen LogP contribution is -2.32. The van der Waals surface area contributed by atoms with Crippen molar-refractivity contribution in [3.63, 3.8) is 0 Å². The molecule has 0 spiro atoms. The first-order valence-electron chi connectivity index (χ1n) is 11.2. The molecule has 4 nitrogen and oxygen atoms in total. The molecule has 0 saturated heterocycles. The summed E-state index contributed by atoms with van der Waals surface area (Å²) in [6.45, 7) is 11.1. The minimum absolute atomic E-state index is 0.0137. The summed E-state index contributed by atoms with van der Waals surface area (Å²) in [6, 6.07) is 11.8. The number of carbonyl (C=O) groups is 2. The van der Waals surface area contributed by atoms with E-state index in [1.165, 1.54) is 0 Å². The maximum atomic E-state index is 12.9. The Labute approximate surface area is 205 Å². The third kappa shape index (κ3) is 6.30. The molecule has 0 atom stereocenters. The molecule has 0 N–H and O–H groups in total. The van der Waals surface area contributed by atoms with Gasteiger partial charge in [0.1, 0.15) is 5.78 Å². The molecule has 0 aliphatic heterocycles. The van der Waals surface area contributed by atoms with E-state index in [0.29, 0.717) is 36.5 Å². The van der Waals surface area contributed by atoms with Crippen LogP contribution in [-0.2, 0) is 10.2 Å². The molecule has 2 heterocycles. The van der Waals surface area contributed by atoms with Gasteiger partial charge in [-0.2, -0.15) is 0 Å². The first-order chi connectivity index (χ1) is 15.6. The molecule has 3 rings (SSSR count). The van der Waals surface area contributed by atoms with Gasteiger partial charge in [-0.25, -0.2) is 0 Å². The number of halogens is 1. The van der Waals surface area contributed by atoms with E-state index in [4.69, 9.17) is 11.6 Å². The Morgan fingerprint density at radius 3 is 2.48 bits per heavy atom. The van der Waals surface area contributed by atoms with Crippen LogP contribution >= 0.6 is 22.9 Å². The van der Waals surface area contributed by atoms with E-state index < -0.39 is 0 Å². The minimum atomic E-state index is -0.0630. The van der Waals surface area contributed by atoms with Gasteiger partial charge in [-0.15, -0.1) is 11.3 Å². The third-order valence-corrected chi connectivity index (χ3v) is 6.86. The van der Waals surface area contributed by atoms with E-state index in [9.17, 15) is 9.59 Å². The van der Waals surface area contributed by atoms with E-state index in [1.807, 2.05) is 31.3 Å². The quantitative estimate of drug-likeness (QED) is 0.339. The molecular formula is C27H31ClN2O2S. The molecule has 0 unspecified atom stereocenters. The largest absolute Gasteiger partial charge is 0.339 e. The van der Waals surface area contributed by atoms with Gasteiger partial charge in [0.25, 0.3) is 5.91 Å². The molecule has 0 fully saturated rings. The summed E-state index contributed by atoms with van der Waals surface area (Å²) >= 11 is 8.29. The van der Waals surface area contributed by atoms with Crippen molar-refractivity contribution in [2.75, 3.05) is 13.1 Å². The lowest BCUT2D eigenvalue weighted by atomic mass is 9.90. The summed E-state index contributed by atoms with van der Waals surface area (Å²) in [7, 11) is 0. The molecule has 33 heavy (non-hydrogen) atoms. The molecule has 0 saturated carbocycles. The van der Waals surface area contributed by atoms with Crippen molar-refractivity contribution < 1.29 is 9.59 Å². The van der Waals surface area contributed by atoms with Crippen LogP contribution in [0.3, 0.4) is 0 Å².